The zero-order chi connectivity index (χ0) is 27.6. The van der Waals surface area contributed by atoms with Gasteiger partial charge in [0.25, 0.3) is 5.91 Å². The Kier molecular flexibility index (Phi) is 7.21. The van der Waals surface area contributed by atoms with Gasteiger partial charge in [0.15, 0.2) is 0 Å². The molecule has 1 aromatic carbocycles. The highest BCUT2D eigenvalue weighted by Crippen LogP contribution is 2.34. The number of fused-ring (bicyclic) bond motifs is 1. The van der Waals surface area contributed by atoms with Crippen molar-refractivity contribution in [2.45, 2.75) is 31.9 Å². The fourth-order valence-corrected chi connectivity index (χ4v) is 4.83. The smallest absolute Gasteiger partial charge is 0.369 e. The molecule has 1 saturated heterocycles. The summed E-state index contributed by atoms with van der Waals surface area (Å²) in [6, 6.07) is 10.2. The fourth-order valence-electron chi connectivity index (χ4n) is 4.83. The maximum Gasteiger partial charge on any atom is 0.416 e. The van der Waals surface area contributed by atoms with Gasteiger partial charge in [-0.1, -0.05) is 18.1 Å². The lowest BCUT2D eigenvalue weighted by Crippen LogP contribution is -2.34. The average molecular weight is 534 g/mol. The van der Waals surface area contributed by atoms with E-state index in [-0.39, 0.29) is 17.3 Å². The topological polar surface area (TPSA) is 101 Å². The second-order valence-electron chi connectivity index (χ2n) is 9.30. The molecule has 39 heavy (non-hydrogen) atoms. The van der Waals surface area contributed by atoms with Crippen molar-refractivity contribution in [1.29, 1.82) is 0 Å². The number of nitrogens with one attached hydrogen (secondary N) is 1. The van der Waals surface area contributed by atoms with E-state index < -0.39 is 17.6 Å². The molecule has 8 nitrogen and oxygen atoms in total. The van der Waals surface area contributed by atoms with Gasteiger partial charge in [-0.3, -0.25) is 14.1 Å². The molecule has 1 fully saturated rings. The fraction of sp³-hybridized carbons (Fsp3) is 0.286. The van der Waals surface area contributed by atoms with Crippen LogP contribution in [0.1, 0.15) is 47.3 Å². The molecule has 5 rings (SSSR count). The van der Waals surface area contributed by atoms with Gasteiger partial charge in [-0.15, -0.1) is 5.92 Å². The van der Waals surface area contributed by atoms with E-state index in [1.54, 1.807) is 30.5 Å². The summed E-state index contributed by atoms with van der Waals surface area (Å²) >= 11 is 0. The summed E-state index contributed by atoms with van der Waals surface area (Å²) in [6.07, 6.45) is 0.163. The van der Waals surface area contributed by atoms with Crippen LogP contribution in [0.15, 0.2) is 54.9 Å². The molecule has 0 bridgehead atoms. The summed E-state index contributed by atoms with van der Waals surface area (Å²) < 4.78 is 40.8. The van der Waals surface area contributed by atoms with Gasteiger partial charge in [0.05, 0.1) is 23.3 Å². The summed E-state index contributed by atoms with van der Waals surface area (Å²) in [6.45, 7) is 4.39. The predicted molar refractivity (Wildman–Crippen MR) is 142 cm³/mol. The molecule has 0 radical (unpaired) electrons. The Hall–Kier alpha value is -4.43. The number of halogens is 3. The van der Waals surface area contributed by atoms with E-state index in [0.29, 0.717) is 17.3 Å². The molecule has 0 saturated carbocycles. The van der Waals surface area contributed by atoms with Crippen molar-refractivity contribution in [2.75, 3.05) is 30.7 Å². The van der Waals surface area contributed by atoms with Crippen LogP contribution >= 0.6 is 0 Å². The van der Waals surface area contributed by atoms with Crippen molar-refractivity contribution in [2.24, 2.45) is 0 Å². The number of alkyl halides is 3. The molecule has 1 aliphatic heterocycles. The highest BCUT2D eigenvalue weighted by molar-refractivity contribution is 6.04. The molecule has 4 heterocycles. The van der Waals surface area contributed by atoms with Crippen LogP contribution < -0.4 is 11.1 Å². The Balaban J connectivity index is 1.42. The number of nitrogen functional groups attached to an aromatic ring is 1. The van der Waals surface area contributed by atoms with Gasteiger partial charge in [-0.2, -0.15) is 13.2 Å². The molecule has 0 aliphatic carbocycles. The zero-order valence-corrected chi connectivity index (χ0v) is 21.2. The van der Waals surface area contributed by atoms with Crippen LogP contribution in [0.3, 0.4) is 0 Å². The molecule has 1 aliphatic rings. The minimum Gasteiger partial charge on any atom is -0.369 e. The van der Waals surface area contributed by atoms with Crippen molar-refractivity contribution in [3.05, 3.63) is 71.7 Å². The zero-order valence-electron chi connectivity index (χ0n) is 21.2. The largest absolute Gasteiger partial charge is 0.416 e. The van der Waals surface area contributed by atoms with Gasteiger partial charge < -0.3 is 11.1 Å². The van der Waals surface area contributed by atoms with Crippen LogP contribution in [-0.2, 0) is 6.18 Å². The van der Waals surface area contributed by atoms with Crippen LogP contribution in [0.5, 0.6) is 0 Å². The highest BCUT2D eigenvalue weighted by Gasteiger charge is 2.31. The summed E-state index contributed by atoms with van der Waals surface area (Å²) in [5.41, 5.74) is 8.16. The number of amides is 1. The maximum absolute atomic E-state index is 13.0. The quantitative estimate of drug-likeness (QED) is 0.356. The lowest BCUT2D eigenvalue weighted by Gasteiger charge is -2.30. The number of anilines is 2. The number of rotatable bonds is 5. The van der Waals surface area contributed by atoms with E-state index in [0.717, 1.165) is 62.0 Å². The Bertz CT molecular complexity index is 1570. The van der Waals surface area contributed by atoms with E-state index >= 15 is 0 Å². The SMILES string of the molecule is CC#CCN1CCCC(c2nc(-c3ccc(C(=O)Nc4cc(C(F)(F)F)ccn4)cc3)n3c(N)nccc23)C1. The van der Waals surface area contributed by atoms with Gasteiger partial charge in [-0.25, -0.2) is 15.0 Å². The first-order valence-corrected chi connectivity index (χ1v) is 12.4. The Morgan fingerprint density at radius 3 is 2.67 bits per heavy atom. The normalized spacial score (nSPS) is 16.1. The van der Waals surface area contributed by atoms with Gasteiger partial charge >= 0.3 is 6.18 Å². The summed E-state index contributed by atoms with van der Waals surface area (Å²) in [7, 11) is 0. The van der Waals surface area contributed by atoms with E-state index in [1.807, 2.05) is 17.4 Å². The summed E-state index contributed by atoms with van der Waals surface area (Å²) in [5.74, 6) is 6.42. The van der Waals surface area contributed by atoms with E-state index in [1.165, 1.54) is 0 Å². The van der Waals surface area contributed by atoms with Crippen molar-refractivity contribution >= 4 is 23.2 Å². The van der Waals surface area contributed by atoms with E-state index in [2.05, 4.69) is 32.0 Å². The molecule has 1 atom stereocenters. The van der Waals surface area contributed by atoms with Crippen LogP contribution in [0.2, 0.25) is 0 Å². The number of likely N-dealkylation sites (tertiary alicyclic amines) is 1. The van der Waals surface area contributed by atoms with Gasteiger partial charge in [-0.05, 0) is 56.6 Å². The first kappa shape index (κ1) is 26.2. The van der Waals surface area contributed by atoms with Gasteiger partial charge in [0, 0.05) is 36.0 Å². The van der Waals surface area contributed by atoms with Crippen LogP contribution in [-0.4, -0.2) is 49.8 Å². The molecule has 1 amide bonds. The van der Waals surface area contributed by atoms with Crippen LogP contribution in [0.4, 0.5) is 24.9 Å². The first-order valence-electron chi connectivity index (χ1n) is 12.4. The number of carbonyl (C=O) groups excluding carboxylic acids is 1. The van der Waals surface area contributed by atoms with E-state index in [4.69, 9.17) is 10.7 Å². The average Bonchev–Trinajstić information content (AvgIpc) is 3.33. The van der Waals surface area contributed by atoms with E-state index in [9.17, 15) is 18.0 Å². The van der Waals surface area contributed by atoms with Crippen molar-refractivity contribution < 1.29 is 18.0 Å². The van der Waals surface area contributed by atoms with Gasteiger partial charge in [0.2, 0.25) is 5.95 Å². The summed E-state index contributed by atoms with van der Waals surface area (Å²) in [4.78, 5) is 28.1. The van der Waals surface area contributed by atoms with Crippen molar-refractivity contribution in [3.63, 3.8) is 0 Å². The molecule has 11 heteroatoms. The second-order valence-corrected chi connectivity index (χ2v) is 9.30. The Morgan fingerprint density at radius 1 is 1.15 bits per heavy atom. The summed E-state index contributed by atoms with van der Waals surface area (Å²) in [5, 5.41) is 2.42. The first-order chi connectivity index (χ1) is 18.7. The highest BCUT2D eigenvalue weighted by atomic mass is 19.4. The molecule has 1 unspecified atom stereocenters. The molecule has 3 N–H and O–H groups in total. The molecular formula is C28H26F3N7O. The monoisotopic (exact) mass is 533 g/mol. The number of aromatic nitrogens is 4. The maximum atomic E-state index is 13.0. The number of nitrogens with two attached hydrogens (primary N) is 1. The second kappa shape index (κ2) is 10.7. The number of hydrogen-bond acceptors (Lipinski definition) is 6. The Labute approximate surface area is 223 Å². The van der Waals surface area contributed by atoms with Crippen molar-refractivity contribution in [1.82, 2.24) is 24.3 Å². The van der Waals surface area contributed by atoms with Crippen LogP contribution in [0.25, 0.3) is 16.9 Å². The number of piperidine rings is 1. The minimum atomic E-state index is -4.54. The van der Waals surface area contributed by atoms with Gasteiger partial charge in [0.1, 0.15) is 11.6 Å². The third-order valence-corrected chi connectivity index (χ3v) is 6.72. The molecule has 4 aromatic rings. The number of carbonyl (C=O) groups is 1. The third kappa shape index (κ3) is 5.56. The third-order valence-electron chi connectivity index (χ3n) is 6.72. The van der Waals surface area contributed by atoms with Crippen molar-refractivity contribution in [3.8, 4) is 23.2 Å². The Morgan fingerprint density at radius 2 is 1.92 bits per heavy atom. The molecule has 200 valence electrons. The molecule has 0 spiro atoms. The lowest BCUT2D eigenvalue weighted by atomic mass is 9.94. The minimum absolute atomic E-state index is 0.187. The number of benzene rings is 1. The number of pyridine rings is 1. The predicted octanol–water partition coefficient (Wildman–Crippen LogP) is 4.85. The lowest BCUT2D eigenvalue weighted by molar-refractivity contribution is -0.137. The number of hydrogen-bond donors (Lipinski definition) is 2. The van der Waals surface area contributed by atoms with Crippen LogP contribution in [0, 0.1) is 11.8 Å². The molecular weight excluding hydrogens is 507 g/mol. The number of imidazole rings is 1. The molecule has 3 aromatic heterocycles. The number of nitrogens with zero attached hydrogens (tertiary/aromatic N) is 5. The standard InChI is InChI=1S/C28H26F3N7O/c1-2-3-14-37-15-4-5-20(17-37)24-22-11-13-34-27(32)38(22)25(36-24)18-6-8-19(9-7-18)26(39)35-23-16-21(10-12-33-23)28(29,30)31/h6-13,16,20H,4-5,14-15,17H2,1H3,(H2,32,34)(H,33,35,39).